The van der Waals surface area contributed by atoms with Gasteiger partial charge in [-0.1, -0.05) is 272 Å². The van der Waals surface area contributed by atoms with E-state index in [9.17, 15) is 14.4 Å². The minimum atomic E-state index is -0.826. The Hall–Kier alpha value is -6.01. The Morgan fingerprint density at radius 1 is 0.253 bits per heavy atom. The predicted octanol–water partition coefficient (Wildman–Crippen LogP) is 22.8. The molecule has 0 aromatic heterocycles. The van der Waals surface area contributed by atoms with Crippen LogP contribution < -0.4 is 0 Å². The molecule has 1 unspecified atom stereocenters. The highest BCUT2D eigenvalue weighted by Gasteiger charge is 2.19. The predicted molar refractivity (Wildman–Crippen MR) is 361 cm³/mol. The largest absolute Gasteiger partial charge is 0.462 e. The Balaban J connectivity index is 4.36. The van der Waals surface area contributed by atoms with Crippen molar-refractivity contribution in [3.05, 3.63) is 207 Å². The second-order valence-corrected chi connectivity index (χ2v) is 20.6. The fraction of sp³-hybridized carbons (Fsp3) is 0.519. The normalized spacial score (nSPS) is 13.5. The zero-order valence-electron chi connectivity index (χ0n) is 52.6. The lowest BCUT2D eigenvalue weighted by atomic mass is 10.1. The molecule has 0 spiro atoms. The third-order valence-electron chi connectivity index (χ3n) is 12.8. The molecule has 0 aliphatic rings. The highest BCUT2D eigenvalue weighted by atomic mass is 16.6. The van der Waals surface area contributed by atoms with Gasteiger partial charge >= 0.3 is 17.9 Å². The van der Waals surface area contributed by atoms with E-state index in [1.807, 2.05) is 0 Å². The van der Waals surface area contributed by atoms with Crippen LogP contribution in [0.15, 0.2) is 207 Å². The molecule has 0 aliphatic carbocycles. The van der Waals surface area contributed by atoms with Crippen molar-refractivity contribution in [3.63, 3.8) is 0 Å². The first kappa shape index (κ1) is 77.0. The number of carbonyl (C=O) groups is 3. The highest BCUT2D eigenvalue weighted by Crippen LogP contribution is 2.12. The zero-order chi connectivity index (χ0) is 59.9. The van der Waals surface area contributed by atoms with Crippen molar-refractivity contribution in [1.82, 2.24) is 0 Å². The van der Waals surface area contributed by atoms with Crippen LogP contribution in [0, 0.1) is 0 Å². The lowest BCUT2D eigenvalue weighted by molar-refractivity contribution is -0.167. The molecule has 0 aliphatic heterocycles. The Labute approximate surface area is 509 Å². The van der Waals surface area contributed by atoms with E-state index in [1.165, 1.54) is 25.7 Å². The molecule has 0 fully saturated rings. The summed E-state index contributed by atoms with van der Waals surface area (Å²) in [6, 6.07) is 0. The molecule has 0 N–H and O–H groups in total. The fourth-order valence-electron chi connectivity index (χ4n) is 7.98. The van der Waals surface area contributed by atoms with Crippen LogP contribution in [0.5, 0.6) is 0 Å². The molecule has 0 radical (unpaired) electrons. The third-order valence-corrected chi connectivity index (χ3v) is 12.8. The van der Waals surface area contributed by atoms with Crippen LogP contribution >= 0.6 is 0 Å². The topological polar surface area (TPSA) is 78.9 Å². The minimum Gasteiger partial charge on any atom is -0.462 e. The average Bonchev–Trinajstić information content (AvgIpc) is 3.50. The Morgan fingerprint density at radius 2 is 0.470 bits per heavy atom. The van der Waals surface area contributed by atoms with Gasteiger partial charge < -0.3 is 14.2 Å². The van der Waals surface area contributed by atoms with Gasteiger partial charge in [-0.25, -0.2) is 0 Å². The number of ether oxygens (including phenoxy) is 3. The smallest absolute Gasteiger partial charge is 0.306 e. The molecule has 0 amide bonds. The van der Waals surface area contributed by atoms with Crippen LogP contribution in [0.1, 0.15) is 239 Å². The summed E-state index contributed by atoms with van der Waals surface area (Å²) in [5.74, 6) is -1.02. The molecule has 0 aromatic carbocycles. The van der Waals surface area contributed by atoms with Gasteiger partial charge in [0, 0.05) is 19.3 Å². The van der Waals surface area contributed by atoms with E-state index in [4.69, 9.17) is 14.2 Å². The van der Waals surface area contributed by atoms with Gasteiger partial charge in [0.2, 0.25) is 0 Å². The summed E-state index contributed by atoms with van der Waals surface area (Å²) in [4.78, 5) is 38.1. The van der Waals surface area contributed by atoms with E-state index in [1.54, 1.807) is 0 Å². The maximum absolute atomic E-state index is 12.9. The van der Waals surface area contributed by atoms with Crippen molar-refractivity contribution in [2.24, 2.45) is 0 Å². The molecule has 0 bridgehead atoms. The lowest BCUT2D eigenvalue weighted by Crippen LogP contribution is -2.30. The van der Waals surface area contributed by atoms with Gasteiger partial charge in [0.05, 0.1) is 0 Å². The number of unbranched alkanes of at least 4 members (excludes halogenated alkanes) is 11. The fourth-order valence-corrected chi connectivity index (χ4v) is 7.98. The number of hydrogen-bond acceptors (Lipinski definition) is 6. The molecule has 0 saturated carbocycles. The van der Waals surface area contributed by atoms with Crippen LogP contribution in [-0.2, 0) is 28.6 Å². The van der Waals surface area contributed by atoms with Gasteiger partial charge in [-0.2, -0.15) is 0 Å². The molecule has 6 nitrogen and oxygen atoms in total. The van der Waals surface area contributed by atoms with Crippen molar-refractivity contribution in [3.8, 4) is 0 Å². The van der Waals surface area contributed by atoms with Crippen LogP contribution in [-0.4, -0.2) is 37.2 Å². The van der Waals surface area contributed by atoms with E-state index >= 15 is 0 Å². The van der Waals surface area contributed by atoms with Crippen molar-refractivity contribution >= 4 is 17.9 Å². The first-order valence-electron chi connectivity index (χ1n) is 32.6. The summed E-state index contributed by atoms with van der Waals surface area (Å²) < 4.78 is 16.8. The summed E-state index contributed by atoms with van der Waals surface area (Å²) in [5, 5.41) is 0. The van der Waals surface area contributed by atoms with Gasteiger partial charge in [0.1, 0.15) is 13.2 Å². The van der Waals surface area contributed by atoms with Gasteiger partial charge in [-0.05, 0) is 154 Å². The minimum absolute atomic E-state index is 0.117. The maximum Gasteiger partial charge on any atom is 0.306 e. The van der Waals surface area contributed by atoms with E-state index in [2.05, 4.69) is 227 Å². The van der Waals surface area contributed by atoms with Crippen molar-refractivity contribution in [1.29, 1.82) is 0 Å². The standard InChI is InChI=1S/C77H116O6/c1-4-7-10-13-16-18-20-22-24-26-28-30-32-34-36-37-38-39-41-42-44-46-48-50-52-54-56-58-61-64-67-70-76(79)82-73-74(72-81-75(78)69-66-63-60-15-12-9-6-3)83-77(80)71-68-65-62-59-57-55-53-51-49-47-45-43-40-35-33-31-29-27-25-23-21-19-17-14-11-8-5-2/h7-8,10-11,16-19,22-25,28-31,34-36,38-40,42,44-45,47-48,50-51,53-54,56-57,59,74H,4-6,9,12-15,20-21,26-27,32-33,37,41,43,46,49,52,55,58,60-73H2,1-3H3/b10-7-,11-8-,18-16-,19-17-,24-22-,25-23-,30-28-,31-29-,36-34-,39-38-,40-35-,44-42-,47-45-,50-48-,53-51-,56-54-,59-57-. The second-order valence-electron chi connectivity index (χ2n) is 20.6. The summed E-state index contributed by atoms with van der Waals surface area (Å²) in [6.07, 6.45) is 106. The Bertz CT molecular complexity index is 2030. The van der Waals surface area contributed by atoms with Crippen molar-refractivity contribution in [2.75, 3.05) is 13.2 Å². The summed E-state index contributed by atoms with van der Waals surface area (Å²) in [6.45, 7) is 6.28. The molecule has 6 heteroatoms. The SMILES string of the molecule is CC/C=C\C/C=C\C/C=C\C/C=C\C/C=C\C/C=C\C/C=C\C/C=C\C/C=C\CCCCCC(=O)OCC(COC(=O)CCCCCCCCC)OC(=O)CCCC/C=C\C/C=C\C/C=C\C/C=C\C/C=C\C/C=C\C/C=C\C/C=C\CC. The molecule has 0 heterocycles. The van der Waals surface area contributed by atoms with E-state index < -0.39 is 6.10 Å². The first-order valence-corrected chi connectivity index (χ1v) is 32.6. The van der Waals surface area contributed by atoms with E-state index in [0.717, 1.165) is 167 Å². The summed E-state index contributed by atoms with van der Waals surface area (Å²) >= 11 is 0. The molecular weight excluding hydrogens is 1020 g/mol. The highest BCUT2D eigenvalue weighted by molar-refractivity contribution is 5.71. The lowest BCUT2D eigenvalue weighted by Gasteiger charge is -2.18. The molecule has 460 valence electrons. The number of allylic oxidation sites excluding steroid dienone is 34. The van der Waals surface area contributed by atoms with Gasteiger partial charge in [0.25, 0.3) is 0 Å². The van der Waals surface area contributed by atoms with Crippen LogP contribution in [0.25, 0.3) is 0 Å². The summed E-state index contributed by atoms with van der Waals surface area (Å²) in [5.41, 5.74) is 0. The third kappa shape index (κ3) is 66.7. The average molecular weight is 1140 g/mol. The number of esters is 3. The zero-order valence-corrected chi connectivity index (χ0v) is 52.6. The molecule has 0 saturated heterocycles. The van der Waals surface area contributed by atoms with Gasteiger partial charge in [-0.3, -0.25) is 14.4 Å². The monoisotopic (exact) mass is 1140 g/mol. The van der Waals surface area contributed by atoms with Crippen molar-refractivity contribution < 1.29 is 28.6 Å². The van der Waals surface area contributed by atoms with Crippen LogP contribution in [0.4, 0.5) is 0 Å². The maximum atomic E-state index is 12.9. The van der Waals surface area contributed by atoms with Gasteiger partial charge in [0.15, 0.2) is 6.10 Å². The Morgan fingerprint density at radius 3 is 0.759 bits per heavy atom. The molecular formula is C77H116O6. The Kier molecular flexibility index (Phi) is 63.5. The number of hydrogen-bond donors (Lipinski definition) is 0. The molecule has 83 heavy (non-hydrogen) atoms. The summed E-state index contributed by atoms with van der Waals surface area (Å²) in [7, 11) is 0. The van der Waals surface area contributed by atoms with E-state index in [0.29, 0.717) is 19.3 Å². The molecule has 0 aromatic rings. The van der Waals surface area contributed by atoms with Crippen molar-refractivity contribution in [2.45, 2.75) is 245 Å². The molecule has 1 atom stereocenters. The van der Waals surface area contributed by atoms with Crippen LogP contribution in [0.2, 0.25) is 0 Å². The first-order chi connectivity index (χ1) is 41.0. The van der Waals surface area contributed by atoms with E-state index in [-0.39, 0.29) is 37.5 Å². The molecule has 0 rings (SSSR count). The van der Waals surface area contributed by atoms with Crippen LogP contribution in [0.3, 0.4) is 0 Å². The quantitative estimate of drug-likeness (QED) is 0.0261. The number of rotatable bonds is 56. The number of carbonyl (C=O) groups excluding carboxylic acids is 3. The van der Waals surface area contributed by atoms with Gasteiger partial charge in [-0.15, -0.1) is 0 Å². The second kappa shape index (κ2) is 68.5.